The zero-order valence-electron chi connectivity index (χ0n) is 18.2. The van der Waals surface area contributed by atoms with Crippen LogP contribution in [0.5, 0.6) is 0 Å². The number of nitrogens with zero attached hydrogens (tertiary/aromatic N) is 2. The molecule has 1 N–H and O–H groups in total. The van der Waals surface area contributed by atoms with Gasteiger partial charge in [0, 0.05) is 29.3 Å². The van der Waals surface area contributed by atoms with Gasteiger partial charge in [-0.1, -0.05) is 18.2 Å². The molecule has 2 aliphatic heterocycles. The maximum Gasteiger partial charge on any atom is 0.282 e. The Hall–Kier alpha value is -3.38. The van der Waals surface area contributed by atoms with E-state index in [4.69, 9.17) is 0 Å². The maximum absolute atomic E-state index is 13.5. The molecule has 1 fully saturated rings. The summed E-state index contributed by atoms with van der Waals surface area (Å²) in [6.07, 6.45) is 2.40. The van der Waals surface area contributed by atoms with Crippen LogP contribution >= 0.6 is 11.3 Å². The molecule has 5 nitrogen and oxygen atoms in total. The number of hydrogen-bond donors (Lipinski definition) is 1. The van der Waals surface area contributed by atoms with Crippen molar-refractivity contribution in [3.8, 4) is 0 Å². The lowest BCUT2D eigenvalue weighted by Gasteiger charge is -2.20. The fourth-order valence-electron chi connectivity index (χ4n) is 4.32. The smallest absolute Gasteiger partial charge is 0.282 e. The van der Waals surface area contributed by atoms with Crippen molar-refractivity contribution in [3.63, 3.8) is 0 Å². The Kier molecular flexibility index (Phi) is 5.31. The monoisotopic (exact) mass is 443 g/mol. The third-order valence-electron chi connectivity index (χ3n) is 6.08. The molecule has 32 heavy (non-hydrogen) atoms. The lowest BCUT2D eigenvalue weighted by atomic mass is 10.1. The minimum atomic E-state index is -0.326. The van der Waals surface area contributed by atoms with Crippen LogP contribution in [0.3, 0.4) is 0 Å². The van der Waals surface area contributed by atoms with Crippen LogP contribution in [0.15, 0.2) is 65.7 Å². The van der Waals surface area contributed by atoms with Gasteiger partial charge in [-0.25, -0.2) is 4.90 Å². The summed E-state index contributed by atoms with van der Waals surface area (Å²) in [5, 5.41) is 5.21. The van der Waals surface area contributed by atoms with Crippen molar-refractivity contribution < 1.29 is 9.59 Å². The quantitative estimate of drug-likeness (QED) is 0.539. The lowest BCUT2D eigenvalue weighted by molar-refractivity contribution is -0.120. The number of benzene rings is 2. The van der Waals surface area contributed by atoms with Gasteiger partial charge in [0.25, 0.3) is 11.8 Å². The fraction of sp³-hybridized carbons (Fsp3) is 0.231. The maximum atomic E-state index is 13.5. The molecule has 5 rings (SSSR count). The lowest BCUT2D eigenvalue weighted by Crippen LogP contribution is -2.32. The summed E-state index contributed by atoms with van der Waals surface area (Å²) in [6, 6.07) is 17.6. The molecule has 2 amide bonds. The molecule has 0 saturated carbocycles. The highest BCUT2D eigenvalue weighted by atomic mass is 32.1. The summed E-state index contributed by atoms with van der Waals surface area (Å²) in [6.45, 7) is 6.10. The minimum absolute atomic E-state index is 0.292. The molecule has 3 heterocycles. The number of hydrogen-bond acceptors (Lipinski definition) is 5. The van der Waals surface area contributed by atoms with E-state index in [1.54, 1.807) is 0 Å². The van der Waals surface area contributed by atoms with Crippen LogP contribution in [0.4, 0.5) is 17.1 Å². The topological polar surface area (TPSA) is 52.7 Å². The molecule has 0 aliphatic carbocycles. The van der Waals surface area contributed by atoms with Crippen molar-refractivity contribution in [2.45, 2.75) is 26.7 Å². The Labute approximate surface area is 192 Å². The molecular weight excluding hydrogens is 418 g/mol. The predicted molar refractivity (Wildman–Crippen MR) is 131 cm³/mol. The Morgan fingerprint density at radius 2 is 1.59 bits per heavy atom. The van der Waals surface area contributed by atoms with E-state index in [9.17, 15) is 9.59 Å². The summed E-state index contributed by atoms with van der Waals surface area (Å²) < 4.78 is 0. The molecule has 0 atom stereocenters. The van der Waals surface area contributed by atoms with Gasteiger partial charge in [0.2, 0.25) is 0 Å². The van der Waals surface area contributed by atoms with E-state index in [-0.39, 0.29) is 11.8 Å². The average molecular weight is 444 g/mol. The van der Waals surface area contributed by atoms with Crippen LogP contribution < -0.4 is 15.1 Å². The van der Waals surface area contributed by atoms with Crippen molar-refractivity contribution in [2.75, 3.05) is 28.2 Å². The molecule has 0 spiro atoms. The molecule has 0 bridgehead atoms. The molecule has 1 saturated heterocycles. The Balaban J connectivity index is 1.51. The molecule has 2 aliphatic rings. The van der Waals surface area contributed by atoms with Crippen LogP contribution in [0, 0.1) is 13.8 Å². The SMILES string of the molecule is Cc1ccc(C)c(NC2=C(c3cccs3)C(=O)N(c3ccc(N4CCCC4)cc3)C2=O)c1. The van der Waals surface area contributed by atoms with Crippen LogP contribution in [-0.2, 0) is 9.59 Å². The molecule has 0 radical (unpaired) electrons. The number of imide groups is 1. The second-order valence-corrected chi connectivity index (χ2v) is 9.27. The first-order valence-electron chi connectivity index (χ1n) is 10.9. The van der Waals surface area contributed by atoms with E-state index in [0.717, 1.165) is 40.5 Å². The van der Waals surface area contributed by atoms with E-state index in [1.807, 2.05) is 73.8 Å². The summed E-state index contributed by atoms with van der Waals surface area (Å²) in [4.78, 5) is 31.5. The molecule has 162 valence electrons. The van der Waals surface area contributed by atoms with Crippen molar-refractivity contribution in [1.82, 2.24) is 0 Å². The number of anilines is 3. The van der Waals surface area contributed by atoms with Gasteiger partial charge in [0.15, 0.2) is 0 Å². The van der Waals surface area contributed by atoms with Gasteiger partial charge < -0.3 is 10.2 Å². The van der Waals surface area contributed by atoms with E-state index < -0.39 is 0 Å². The van der Waals surface area contributed by atoms with Crippen molar-refractivity contribution in [1.29, 1.82) is 0 Å². The Bertz CT molecular complexity index is 1210. The van der Waals surface area contributed by atoms with Gasteiger partial charge in [0.05, 0.1) is 11.3 Å². The highest BCUT2D eigenvalue weighted by Gasteiger charge is 2.40. The fourth-order valence-corrected chi connectivity index (χ4v) is 5.09. The largest absolute Gasteiger partial charge is 0.372 e. The first kappa shape index (κ1) is 20.5. The number of thiophene rings is 1. The zero-order chi connectivity index (χ0) is 22.2. The molecule has 6 heteroatoms. The molecular formula is C26H25N3O2S. The number of carbonyl (C=O) groups excluding carboxylic acids is 2. The molecule has 3 aromatic rings. The zero-order valence-corrected chi connectivity index (χ0v) is 19.0. The van der Waals surface area contributed by atoms with Crippen LogP contribution in [-0.4, -0.2) is 24.9 Å². The van der Waals surface area contributed by atoms with Crippen LogP contribution in [0.1, 0.15) is 28.8 Å². The van der Waals surface area contributed by atoms with E-state index in [2.05, 4.69) is 10.2 Å². The average Bonchev–Trinajstić information content (AvgIpc) is 3.54. The number of rotatable bonds is 5. The highest BCUT2D eigenvalue weighted by Crippen LogP contribution is 2.36. The van der Waals surface area contributed by atoms with Gasteiger partial charge in [-0.15, -0.1) is 11.3 Å². The first-order chi connectivity index (χ1) is 15.5. The van der Waals surface area contributed by atoms with Gasteiger partial charge in [0.1, 0.15) is 5.70 Å². The Morgan fingerprint density at radius 1 is 0.875 bits per heavy atom. The highest BCUT2D eigenvalue weighted by molar-refractivity contribution is 7.11. The molecule has 2 aromatic carbocycles. The summed E-state index contributed by atoms with van der Waals surface area (Å²) in [5.74, 6) is -0.618. The third kappa shape index (κ3) is 3.60. The first-order valence-corrected chi connectivity index (χ1v) is 11.8. The second-order valence-electron chi connectivity index (χ2n) is 8.33. The summed E-state index contributed by atoms with van der Waals surface area (Å²) in [7, 11) is 0. The Morgan fingerprint density at radius 3 is 2.28 bits per heavy atom. The van der Waals surface area contributed by atoms with Crippen molar-refractivity contribution >= 4 is 45.8 Å². The normalized spacial score (nSPS) is 16.4. The van der Waals surface area contributed by atoms with E-state index >= 15 is 0 Å². The van der Waals surface area contributed by atoms with Gasteiger partial charge >= 0.3 is 0 Å². The molecule has 1 aromatic heterocycles. The third-order valence-corrected chi connectivity index (χ3v) is 6.97. The number of amides is 2. The van der Waals surface area contributed by atoms with Gasteiger partial charge in [-0.2, -0.15) is 0 Å². The summed E-state index contributed by atoms with van der Waals surface area (Å²) >= 11 is 1.46. The minimum Gasteiger partial charge on any atom is -0.372 e. The summed E-state index contributed by atoms with van der Waals surface area (Å²) in [5.41, 5.74) is 5.41. The standard InChI is InChI=1S/C26H25N3O2S/c1-17-7-8-18(2)21(16-17)27-24-23(22-6-5-15-32-22)25(30)29(26(24)31)20-11-9-19(10-12-20)28-13-3-4-14-28/h5-12,15-16,27H,3-4,13-14H2,1-2H3. The van der Waals surface area contributed by atoms with Crippen molar-refractivity contribution in [2.24, 2.45) is 0 Å². The van der Waals surface area contributed by atoms with E-state index in [1.165, 1.54) is 29.1 Å². The number of aryl methyl sites for hydroxylation is 2. The predicted octanol–water partition coefficient (Wildman–Crippen LogP) is 5.36. The molecule has 0 unspecified atom stereocenters. The number of carbonyl (C=O) groups is 2. The van der Waals surface area contributed by atoms with Gasteiger partial charge in [-0.3, -0.25) is 9.59 Å². The van der Waals surface area contributed by atoms with Crippen molar-refractivity contribution in [3.05, 3.63) is 81.7 Å². The van der Waals surface area contributed by atoms with E-state index in [0.29, 0.717) is 17.0 Å². The van der Waals surface area contributed by atoms with Gasteiger partial charge in [-0.05, 0) is 79.6 Å². The van der Waals surface area contributed by atoms with Crippen LogP contribution in [0.2, 0.25) is 0 Å². The second kappa shape index (κ2) is 8.28. The number of nitrogens with one attached hydrogen (secondary N) is 1. The van der Waals surface area contributed by atoms with Crippen LogP contribution in [0.25, 0.3) is 5.57 Å².